The molecule has 1 aromatic carbocycles. The third-order valence-electron chi connectivity index (χ3n) is 3.73. The zero-order valence-electron chi connectivity index (χ0n) is 14.1. The van der Waals surface area contributed by atoms with Crippen molar-refractivity contribution in [2.45, 2.75) is 59.0 Å². The number of benzene rings is 1. The fourth-order valence-corrected chi connectivity index (χ4v) is 2.72. The number of anilines is 1. The van der Waals surface area contributed by atoms with E-state index in [1.807, 2.05) is 18.2 Å². The molecule has 1 aliphatic rings. The van der Waals surface area contributed by atoms with Crippen molar-refractivity contribution in [1.29, 1.82) is 0 Å². The Balaban J connectivity index is 2.07. The summed E-state index contributed by atoms with van der Waals surface area (Å²) in [6.45, 7) is 6.15. The number of hydrogen-bond donors (Lipinski definition) is 1. The fraction of sp³-hybridized carbons (Fsp3) is 0.611. The van der Waals surface area contributed by atoms with Gasteiger partial charge in [-0.15, -0.1) is 0 Å². The molecule has 0 aliphatic heterocycles. The van der Waals surface area contributed by atoms with Gasteiger partial charge in [-0.05, 0) is 43.2 Å². The zero-order chi connectivity index (χ0) is 16.2. The first-order valence-electron chi connectivity index (χ1n) is 8.02. The van der Waals surface area contributed by atoms with Crippen LogP contribution in [0.5, 0.6) is 11.5 Å². The predicted octanol–water partition coefficient (Wildman–Crippen LogP) is 4.39. The van der Waals surface area contributed by atoms with E-state index in [1.54, 1.807) is 7.11 Å². The lowest BCUT2D eigenvalue weighted by atomic mass is 9.92. The van der Waals surface area contributed by atoms with E-state index in [2.05, 4.69) is 26.1 Å². The summed E-state index contributed by atoms with van der Waals surface area (Å²) in [4.78, 5) is 12.1. The Bertz CT molecular complexity index is 514. The van der Waals surface area contributed by atoms with Gasteiger partial charge in [0, 0.05) is 18.2 Å². The van der Waals surface area contributed by atoms with Crippen molar-refractivity contribution in [2.24, 2.45) is 5.41 Å². The Hall–Kier alpha value is -1.71. The second-order valence-electron chi connectivity index (χ2n) is 7.18. The minimum absolute atomic E-state index is 0.0180. The lowest BCUT2D eigenvalue weighted by Crippen LogP contribution is -2.19. The smallest absolute Gasteiger partial charge is 0.224 e. The van der Waals surface area contributed by atoms with E-state index in [0.717, 1.165) is 18.5 Å². The molecule has 4 nitrogen and oxygen atoms in total. The van der Waals surface area contributed by atoms with Gasteiger partial charge in [0.1, 0.15) is 0 Å². The maximum absolute atomic E-state index is 12.1. The van der Waals surface area contributed by atoms with Crippen molar-refractivity contribution in [3.8, 4) is 11.5 Å². The second kappa shape index (κ2) is 7.03. The van der Waals surface area contributed by atoms with E-state index >= 15 is 0 Å². The summed E-state index contributed by atoms with van der Waals surface area (Å²) in [6.07, 6.45) is 5.35. The van der Waals surface area contributed by atoms with Crippen molar-refractivity contribution in [2.75, 3.05) is 12.4 Å². The molecule has 1 aromatic rings. The quantitative estimate of drug-likeness (QED) is 0.877. The summed E-state index contributed by atoms with van der Waals surface area (Å²) in [5, 5.41) is 2.94. The summed E-state index contributed by atoms with van der Waals surface area (Å²) in [6, 6.07) is 5.55. The third kappa shape index (κ3) is 4.93. The number of nitrogens with one attached hydrogen (secondary N) is 1. The van der Waals surface area contributed by atoms with E-state index < -0.39 is 0 Å². The first kappa shape index (κ1) is 16.7. The van der Waals surface area contributed by atoms with Gasteiger partial charge in [0.2, 0.25) is 5.91 Å². The van der Waals surface area contributed by atoms with Crippen molar-refractivity contribution >= 4 is 11.6 Å². The van der Waals surface area contributed by atoms with E-state index in [9.17, 15) is 4.79 Å². The van der Waals surface area contributed by atoms with Gasteiger partial charge in [-0.3, -0.25) is 4.79 Å². The molecule has 22 heavy (non-hydrogen) atoms. The average molecular weight is 305 g/mol. The highest BCUT2D eigenvalue weighted by molar-refractivity contribution is 5.91. The molecule has 122 valence electrons. The van der Waals surface area contributed by atoms with Crippen LogP contribution in [0.15, 0.2) is 18.2 Å². The van der Waals surface area contributed by atoms with Gasteiger partial charge in [-0.2, -0.15) is 0 Å². The molecule has 1 saturated carbocycles. The summed E-state index contributed by atoms with van der Waals surface area (Å²) >= 11 is 0. The second-order valence-corrected chi connectivity index (χ2v) is 7.18. The highest BCUT2D eigenvalue weighted by atomic mass is 16.5. The molecule has 0 unspecified atom stereocenters. The fourth-order valence-electron chi connectivity index (χ4n) is 2.72. The SMILES string of the molecule is COc1ccc(NC(=O)CC(C)(C)C)cc1OC1CCCC1. The van der Waals surface area contributed by atoms with E-state index in [-0.39, 0.29) is 17.4 Å². The molecule has 0 atom stereocenters. The molecular weight excluding hydrogens is 278 g/mol. The highest BCUT2D eigenvalue weighted by Crippen LogP contribution is 2.34. The van der Waals surface area contributed by atoms with E-state index in [1.165, 1.54) is 12.8 Å². The van der Waals surface area contributed by atoms with E-state index in [0.29, 0.717) is 17.9 Å². The molecule has 0 saturated heterocycles. The number of carbonyl (C=O) groups is 1. The van der Waals surface area contributed by atoms with Gasteiger partial charge in [-0.25, -0.2) is 0 Å². The minimum atomic E-state index is -0.0280. The molecule has 0 aromatic heterocycles. The van der Waals surface area contributed by atoms with Gasteiger partial charge >= 0.3 is 0 Å². The maximum Gasteiger partial charge on any atom is 0.224 e. The van der Waals surface area contributed by atoms with Crippen molar-refractivity contribution < 1.29 is 14.3 Å². The van der Waals surface area contributed by atoms with Gasteiger partial charge in [0.15, 0.2) is 11.5 Å². The molecule has 1 amide bonds. The summed E-state index contributed by atoms with van der Waals surface area (Å²) in [5.74, 6) is 1.44. The maximum atomic E-state index is 12.1. The molecule has 1 aliphatic carbocycles. The summed E-state index contributed by atoms with van der Waals surface area (Å²) in [5.41, 5.74) is 0.725. The van der Waals surface area contributed by atoms with Crippen molar-refractivity contribution in [3.63, 3.8) is 0 Å². The largest absolute Gasteiger partial charge is 0.493 e. The Labute approximate surface area is 133 Å². The highest BCUT2D eigenvalue weighted by Gasteiger charge is 2.20. The molecule has 2 rings (SSSR count). The summed E-state index contributed by atoms with van der Waals surface area (Å²) < 4.78 is 11.4. The number of rotatable bonds is 5. The lowest BCUT2D eigenvalue weighted by molar-refractivity contribution is -0.117. The average Bonchev–Trinajstić information content (AvgIpc) is 2.89. The standard InChI is InChI=1S/C18H27NO3/c1-18(2,3)12-17(20)19-13-9-10-15(21-4)16(11-13)22-14-7-5-6-8-14/h9-11,14H,5-8,12H2,1-4H3,(H,19,20). The Morgan fingerprint density at radius 2 is 1.91 bits per heavy atom. The van der Waals surface area contributed by atoms with E-state index in [4.69, 9.17) is 9.47 Å². The molecule has 1 N–H and O–H groups in total. The molecule has 4 heteroatoms. The van der Waals surface area contributed by atoms with Crippen LogP contribution in [0.3, 0.4) is 0 Å². The van der Waals surface area contributed by atoms with Gasteiger partial charge in [-0.1, -0.05) is 20.8 Å². The van der Waals surface area contributed by atoms with Crippen LogP contribution in [-0.2, 0) is 4.79 Å². The van der Waals surface area contributed by atoms with Gasteiger partial charge < -0.3 is 14.8 Å². The van der Waals surface area contributed by atoms with Gasteiger partial charge in [0.05, 0.1) is 13.2 Å². The van der Waals surface area contributed by atoms with Crippen molar-refractivity contribution in [3.05, 3.63) is 18.2 Å². The Kier molecular flexibility index (Phi) is 5.33. The van der Waals surface area contributed by atoms with Crippen LogP contribution < -0.4 is 14.8 Å². The van der Waals surface area contributed by atoms with Crippen LogP contribution in [0.4, 0.5) is 5.69 Å². The van der Waals surface area contributed by atoms with Crippen LogP contribution in [0, 0.1) is 5.41 Å². The molecule has 0 spiro atoms. The van der Waals surface area contributed by atoms with Crippen LogP contribution >= 0.6 is 0 Å². The number of amides is 1. The zero-order valence-corrected chi connectivity index (χ0v) is 14.1. The Morgan fingerprint density at radius 1 is 1.23 bits per heavy atom. The first-order valence-corrected chi connectivity index (χ1v) is 8.02. The monoisotopic (exact) mass is 305 g/mol. The number of carbonyl (C=O) groups excluding carboxylic acids is 1. The van der Waals surface area contributed by atoms with Crippen LogP contribution in [-0.4, -0.2) is 19.1 Å². The number of ether oxygens (including phenoxy) is 2. The van der Waals surface area contributed by atoms with Crippen LogP contribution in [0.1, 0.15) is 52.9 Å². The Morgan fingerprint density at radius 3 is 2.50 bits per heavy atom. The van der Waals surface area contributed by atoms with Crippen molar-refractivity contribution in [1.82, 2.24) is 0 Å². The minimum Gasteiger partial charge on any atom is -0.493 e. The molecule has 0 bridgehead atoms. The topological polar surface area (TPSA) is 47.6 Å². The van der Waals surface area contributed by atoms with Crippen LogP contribution in [0.25, 0.3) is 0 Å². The predicted molar refractivity (Wildman–Crippen MR) is 88.6 cm³/mol. The molecule has 1 fully saturated rings. The third-order valence-corrected chi connectivity index (χ3v) is 3.73. The summed E-state index contributed by atoms with van der Waals surface area (Å²) in [7, 11) is 1.63. The molecule has 0 radical (unpaired) electrons. The number of hydrogen-bond acceptors (Lipinski definition) is 3. The normalized spacial score (nSPS) is 15.6. The van der Waals surface area contributed by atoms with Gasteiger partial charge in [0.25, 0.3) is 0 Å². The molecule has 0 heterocycles. The number of methoxy groups -OCH3 is 1. The first-order chi connectivity index (χ1) is 10.4. The lowest BCUT2D eigenvalue weighted by Gasteiger charge is -2.19. The molecular formula is C18H27NO3. The van der Waals surface area contributed by atoms with Crippen LogP contribution in [0.2, 0.25) is 0 Å².